The third-order valence-corrected chi connectivity index (χ3v) is 4.47. The molecule has 6 nitrogen and oxygen atoms in total. The van der Waals surface area contributed by atoms with Crippen LogP contribution in [0, 0.1) is 0 Å². The maximum atomic E-state index is 12.2. The number of carboxylic acids is 1. The van der Waals surface area contributed by atoms with Crippen LogP contribution in [0.2, 0.25) is 0 Å². The third-order valence-electron chi connectivity index (χ3n) is 3.05. The molecule has 0 amide bonds. The Morgan fingerprint density at radius 2 is 1.90 bits per heavy atom. The van der Waals surface area contributed by atoms with Gasteiger partial charge in [-0.25, -0.2) is 17.9 Å². The molecule has 0 saturated heterocycles. The number of hydrogen-bond acceptors (Lipinski definition) is 4. The van der Waals surface area contributed by atoms with Crippen molar-refractivity contribution in [2.75, 3.05) is 13.7 Å². The Hall–Kier alpha value is -1.96. The van der Waals surface area contributed by atoms with E-state index < -0.39 is 22.1 Å². The number of benzene rings is 2. The Bertz CT molecular complexity index is 757. The van der Waals surface area contributed by atoms with Crippen LogP contribution in [0.5, 0.6) is 0 Å². The molecule has 2 N–H and O–H groups in total. The van der Waals surface area contributed by atoms with E-state index in [9.17, 15) is 13.2 Å². The highest BCUT2D eigenvalue weighted by Crippen LogP contribution is 2.18. The number of sulfonamides is 1. The average molecular weight is 309 g/mol. The fourth-order valence-corrected chi connectivity index (χ4v) is 2.94. The number of nitrogens with one attached hydrogen (secondary N) is 1. The molecule has 0 bridgehead atoms. The van der Waals surface area contributed by atoms with Crippen molar-refractivity contribution in [2.24, 2.45) is 0 Å². The molecular formula is C14H15NO5S. The standard InChI is InChI=1S/C14H15NO5S/c1-20-13(14(16)17)9-15-21(18,19)12-7-6-10-4-2-3-5-11(10)8-12/h2-8,13,15H,9H2,1H3,(H,16,17). The number of hydrogen-bond donors (Lipinski definition) is 2. The monoisotopic (exact) mass is 309 g/mol. The predicted molar refractivity (Wildman–Crippen MR) is 77.6 cm³/mol. The van der Waals surface area contributed by atoms with Gasteiger partial charge in [0.25, 0.3) is 0 Å². The van der Waals surface area contributed by atoms with Crippen LogP contribution in [0.25, 0.3) is 10.8 Å². The summed E-state index contributed by atoms with van der Waals surface area (Å²) in [5.74, 6) is -1.22. The molecule has 0 heterocycles. The Labute approximate surface area is 122 Å². The van der Waals surface area contributed by atoms with E-state index in [1.54, 1.807) is 12.1 Å². The minimum absolute atomic E-state index is 0.0847. The normalized spacial score (nSPS) is 13.2. The molecule has 2 rings (SSSR count). The van der Waals surface area contributed by atoms with E-state index >= 15 is 0 Å². The predicted octanol–water partition coefficient (Wildman–Crippen LogP) is 1.22. The molecule has 0 aliphatic heterocycles. The van der Waals surface area contributed by atoms with Crippen molar-refractivity contribution in [3.63, 3.8) is 0 Å². The van der Waals surface area contributed by atoms with Crippen molar-refractivity contribution in [1.82, 2.24) is 4.72 Å². The molecule has 0 aliphatic rings. The Balaban J connectivity index is 2.23. The molecule has 0 aliphatic carbocycles. The molecule has 21 heavy (non-hydrogen) atoms. The second-order valence-corrected chi connectivity index (χ2v) is 6.19. The zero-order chi connectivity index (χ0) is 15.5. The maximum Gasteiger partial charge on any atom is 0.334 e. The lowest BCUT2D eigenvalue weighted by Gasteiger charge is -2.12. The van der Waals surface area contributed by atoms with Crippen LogP contribution in [0.15, 0.2) is 47.4 Å². The van der Waals surface area contributed by atoms with Gasteiger partial charge >= 0.3 is 5.97 Å². The van der Waals surface area contributed by atoms with E-state index in [0.29, 0.717) is 0 Å². The summed E-state index contributed by atoms with van der Waals surface area (Å²) < 4.78 is 31.2. The Kier molecular flexibility index (Phi) is 4.56. The second kappa shape index (κ2) is 6.21. The van der Waals surface area contributed by atoms with Gasteiger partial charge in [0.1, 0.15) is 0 Å². The molecule has 0 aromatic heterocycles. The van der Waals surface area contributed by atoms with Crippen LogP contribution in [0.3, 0.4) is 0 Å². The first-order valence-electron chi connectivity index (χ1n) is 6.18. The summed E-state index contributed by atoms with van der Waals surface area (Å²) in [5.41, 5.74) is 0. The fourth-order valence-electron chi connectivity index (χ4n) is 1.87. The molecule has 0 saturated carbocycles. The van der Waals surface area contributed by atoms with Gasteiger partial charge in [-0.2, -0.15) is 0 Å². The summed E-state index contributed by atoms with van der Waals surface area (Å²) in [7, 11) is -2.57. The van der Waals surface area contributed by atoms with Crippen molar-refractivity contribution in [3.8, 4) is 0 Å². The lowest BCUT2D eigenvalue weighted by atomic mass is 10.1. The maximum absolute atomic E-state index is 12.2. The van der Waals surface area contributed by atoms with Crippen molar-refractivity contribution in [3.05, 3.63) is 42.5 Å². The first-order chi connectivity index (χ1) is 9.94. The molecule has 1 atom stereocenters. The smallest absolute Gasteiger partial charge is 0.334 e. The molecule has 0 radical (unpaired) electrons. The lowest BCUT2D eigenvalue weighted by molar-refractivity contribution is -0.147. The summed E-state index contributed by atoms with van der Waals surface area (Å²) >= 11 is 0. The molecule has 2 aromatic rings. The topological polar surface area (TPSA) is 92.7 Å². The minimum atomic E-state index is -3.78. The molecule has 2 aromatic carbocycles. The van der Waals surface area contributed by atoms with Gasteiger partial charge in [-0.15, -0.1) is 0 Å². The van der Waals surface area contributed by atoms with E-state index in [1.165, 1.54) is 13.2 Å². The minimum Gasteiger partial charge on any atom is -0.479 e. The van der Waals surface area contributed by atoms with Crippen LogP contribution in [-0.4, -0.2) is 39.3 Å². The summed E-state index contributed by atoms with van der Waals surface area (Å²) in [5, 5.41) is 10.5. The van der Waals surface area contributed by atoms with Crippen LogP contribution in [0.4, 0.5) is 0 Å². The van der Waals surface area contributed by atoms with Crippen molar-refractivity contribution < 1.29 is 23.1 Å². The number of carboxylic acid groups (broad SMARTS) is 1. The van der Waals surface area contributed by atoms with E-state index in [2.05, 4.69) is 9.46 Å². The van der Waals surface area contributed by atoms with Gasteiger partial charge in [0, 0.05) is 13.7 Å². The Morgan fingerprint density at radius 3 is 2.52 bits per heavy atom. The molecule has 0 fully saturated rings. The van der Waals surface area contributed by atoms with E-state index in [4.69, 9.17) is 5.11 Å². The van der Waals surface area contributed by atoms with Gasteiger partial charge in [-0.3, -0.25) is 0 Å². The van der Waals surface area contributed by atoms with Crippen LogP contribution in [-0.2, 0) is 19.6 Å². The molecule has 112 valence electrons. The zero-order valence-electron chi connectivity index (χ0n) is 11.3. The summed E-state index contributed by atoms with van der Waals surface area (Å²) in [6.45, 7) is -0.332. The summed E-state index contributed by atoms with van der Waals surface area (Å²) in [6, 6.07) is 12.1. The Morgan fingerprint density at radius 1 is 1.24 bits per heavy atom. The van der Waals surface area contributed by atoms with Crippen molar-refractivity contribution in [2.45, 2.75) is 11.0 Å². The van der Waals surface area contributed by atoms with Gasteiger partial charge in [-0.05, 0) is 22.9 Å². The number of aliphatic carboxylic acids is 1. The number of methoxy groups -OCH3 is 1. The second-order valence-electron chi connectivity index (χ2n) is 4.42. The number of ether oxygens (including phenoxy) is 1. The van der Waals surface area contributed by atoms with E-state index in [-0.39, 0.29) is 11.4 Å². The number of carbonyl (C=O) groups is 1. The zero-order valence-corrected chi connectivity index (χ0v) is 12.1. The van der Waals surface area contributed by atoms with Crippen molar-refractivity contribution in [1.29, 1.82) is 0 Å². The number of fused-ring (bicyclic) bond motifs is 1. The fraction of sp³-hybridized carbons (Fsp3) is 0.214. The average Bonchev–Trinajstić information content (AvgIpc) is 2.47. The molecule has 1 unspecified atom stereocenters. The third kappa shape index (κ3) is 3.57. The summed E-state index contributed by atoms with van der Waals surface area (Å²) in [6.07, 6.45) is -1.22. The molecule has 7 heteroatoms. The largest absolute Gasteiger partial charge is 0.479 e. The van der Waals surface area contributed by atoms with Crippen molar-refractivity contribution >= 4 is 26.8 Å². The molecular weight excluding hydrogens is 294 g/mol. The highest BCUT2D eigenvalue weighted by Gasteiger charge is 2.21. The molecule has 0 spiro atoms. The highest BCUT2D eigenvalue weighted by molar-refractivity contribution is 7.89. The van der Waals surface area contributed by atoms with Crippen LogP contribution < -0.4 is 4.72 Å². The van der Waals surface area contributed by atoms with Gasteiger partial charge in [-0.1, -0.05) is 30.3 Å². The van der Waals surface area contributed by atoms with Gasteiger partial charge in [0.05, 0.1) is 4.90 Å². The summed E-state index contributed by atoms with van der Waals surface area (Å²) in [4.78, 5) is 10.9. The van der Waals surface area contributed by atoms with Crippen LogP contribution >= 0.6 is 0 Å². The van der Waals surface area contributed by atoms with Gasteiger partial charge in [0.2, 0.25) is 10.0 Å². The quantitative estimate of drug-likeness (QED) is 0.837. The van der Waals surface area contributed by atoms with E-state index in [1.807, 2.05) is 24.3 Å². The number of rotatable bonds is 6. The van der Waals surface area contributed by atoms with Gasteiger partial charge in [0.15, 0.2) is 6.10 Å². The van der Waals surface area contributed by atoms with Gasteiger partial charge < -0.3 is 9.84 Å². The van der Waals surface area contributed by atoms with E-state index in [0.717, 1.165) is 10.8 Å². The SMILES string of the molecule is COC(CNS(=O)(=O)c1ccc2ccccc2c1)C(=O)O. The first-order valence-corrected chi connectivity index (χ1v) is 7.66. The highest BCUT2D eigenvalue weighted by atomic mass is 32.2. The first kappa shape index (κ1) is 15.4. The van der Waals surface area contributed by atoms with Crippen LogP contribution in [0.1, 0.15) is 0 Å². The lowest BCUT2D eigenvalue weighted by Crippen LogP contribution is -2.37.